The maximum absolute atomic E-state index is 12.8. The maximum atomic E-state index is 12.8. The number of fused-ring (bicyclic) bond motifs is 5. The molecule has 4 rings (SSSR count). The lowest BCUT2D eigenvalue weighted by atomic mass is 9.81. The lowest BCUT2D eigenvalue weighted by Gasteiger charge is -2.28. The molecule has 1 aromatic carbocycles. The van der Waals surface area contributed by atoms with Crippen molar-refractivity contribution in [2.75, 3.05) is 18.5 Å². The molecule has 2 aliphatic carbocycles. The van der Waals surface area contributed by atoms with Crippen LogP contribution in [-0.2, 0) is 23.9 Å². The fraction of sp³-hybridized carbons (Fsp3) is 0.524. The van der Waals surface area contributed by atoms with Crippen LogP contribution in [0.4, 0.5) is 5.69 Å². The summed E-state index contributed by atoms with van der Waals surface area (Å²) in [5, 5.41) is 3.09. The molecule has 0 spiro atoms. The van der Waals surface area contributed by atoms with Gasteiger partial charge in [-0.3, -0.25) is 24.1 Å². The Labute approximate surface area is 215 Å². The molecule has 3 amide bonds. The Balaban J connectivity index is 1.27. The molecule has 0 radical (unpaired) electrons. The number of rotatable bonds is 6. The van der Waals surface area contributed by atoms with E-state index in [2.05, 4.69) is 53.1 Å². The first-order valence-corrected chi connectivity index (χ1v) is 13.1. The molecular formula is C21H20Br3ClN2O5. The van der Waals surface area contributed by atoms with Crippen molar-refractivity contribution in [1.82, 2.24) is 4.90 Å². The zero-order valence-electron chi connectivity index (χ0n) is 16.9. The van der Waals surface area contributed by atoms with Crippen LogP contribution in [0.5, 0.6) is 0 Å². The first kappa shape index (κ1) is 24.2. The lowest BCUT2D eigenvalue weighted by Crippen LogP contribution is -2.37. The van der Waals surface area contributed by atoms with Crippen LogP contribution in [0.2, 0.25) is 5.02 Å². The number of alkyl halides is 2. The van der Waals surface area contributed by atoms with E-state index >= 15 is 0 Å². The molecule has 7 nitrogen and oxygen atoms in total. The Kier molecular flexibility index (Phi) is 7.06. The van der Waals surface area contributed by atoms with E-state index in [1.807, 2.05) is 6.92 Å². The Bertz CT molecular complexity index is 974. The molecular weight excluding hydrogens is 635 g/mol. The minimum atomic E-state index is -0.650. The van der Waals surface area contributed by atoms with E-state index in [0.717, 1.165) is 12.0 Å². The summed E-state index contributed by atoms with van der Waals surface area (Å²) in [5.41, 5.74) is 1.31. The number of likely N-dealkylation sites (tertiary alicyclic amines) is 1. The maximum Gasteiger partial charge on any atom is 0.308 e. The average molecular weight is 656 g/mol. The standard InChI is InChI=1S/C21H20Br3ClN2O5/c1-8-4-11(22)12(25)6-13(8)26-14(28)7-32-15(29)2-3-27-20(30)16-9-5-10(17(16)21(27)31)19(24)18(9)23/h4,6,9-10,16-19H,2-3,5,7H2,1H3,(H,26,28)/t9-,10-,16-,17-,18-,19+/m1/s1. The van der Waals surface area contributed by atoms with Gasteiger partial charge in [-0.25, -0.2) is 0 Å². The third-order valence-corrected chi connectivity index (χ3v) is 10.9. The van der Waals surface area contributed by atoms with Crippen LogP contribution in [0.25, 0.3) is 0 Å². The monoisotopic (exact) mass is 652 g/mol. The van der Waals surface area contributed by atoms with E-state index in [1.54, 1.807) is 12.1 Å². The first-order chi connectivity index (χ1) is 15.1. The molecule has 1 heterocycles. The third kappa shape index (κ3) is 4.28. The smallest absolute Gasteiger partial charge is 0.308 e. The van der Waals surface area contributed by atoms with Crippen molar-refractivity contribution in [2.45, 2.75) is 29.4 Å². The summed E-state index contributed by atoms with van der Waals surface area (Å²) < 4.78 is 5.74. The summed E-state index contributed by atoms with van der Waals surface area (Å²) in [7, 11) is 0. The molecule has 0 aromatic heterocycles. The molecule has 3 fully saturated rings. The van der Waals surface area contributed by atoms with Gasteiger partial charge in [0.1, 0.15) is 0 Å². The van der Waals surface area contributed by atoms with Gasteiger partial charge < -0.3 is 10.1 Å². The molecule has 1 N–H and O–H groups in total. The van der Waals surface area contributed by atoms with Gasteiger partial charge in [0.05, 0.1) is 23.3 Å². The van der Waals surface area contributed by atoms with Crippen molar-refractivity contribution in [2.24, 2.45) is 23.7 Å². The van der Waals surface area contributed by atoms with Crippen molar-refractivity contribution < 1.29 is 23.9 Å². The molecule has 1 saturated heterocycles. The topological polar surface area (TPSA) is 92.8 Å². The number of aryl methyl sites for hydroxylation is 1. The number of carbonyl (C=O) groups excluding carboxylic acids is 4. The Morgan fingerprint density at radius 2 is 1.75 bits per heavy atom. The second-order valence-electron chi connectivity index (χ2n) is 8.37. The molecule has 172 valence electrons. The normalized spacial score (nSPS) is 30.6. The van der Waals surface area contributed by atoms with Crippen LogP contribution in [0.1, 0.15) is 18.4 Å². The highest BCUT2D eigenvalue weighted by Crippen LogP contribution is 2.60. The predicted octanol–water partition coefficient (Wildman–Crippen LogP) is 4.06. The molecule has 0 unspecified atom stereocenters. The number of imide groups is 1. The van der Waals surface area contributed by atoms with Gasteiger partial charge in [-0.05, 0) is 58.8 Å². The summed E-state index contributed by atoms with van der Waals surface area (Å²) in [5.74, 6) is -1.94. The van der Waals surface area contributed by atoms with Crippen molar-refractivity contribution in [3.8, 4) is 0 Å². The van der Waals surface area contributed by atoms with E-state index in [-0.39, 0.29) is 58.1 Å². The molecule has 11 heteroatoms. The summed E-state index contributed by atoms with van der Waals surface area (Å²) in [6.07, 6.45) is 0.699. The first-order valence-electron chi connectivity index (χ1n) is 10.1. The van der Waals surface area contributed by atoms with Gasteiger partial charge in [-0.1, -0.05) is 43.5 Å². The quantitative estimate of drug-likeness (QED) is 0.284. The Hall–Kier alpha value is -0.970. The lowest BCUT2D eigenvalue weighted by molar-refractivity contribution is -0.149. The number of carbonyl (C=O) groups is 4. The number of halogens is 4. The highest BCUT2D eigenvalue weighted by Gasteiger charge is 2.66. The van der Waals surface area contributed by atoms with Crippen molar-refractivity contribution >= 4 is 88.8 Å². The Morgan fingerprint density at radius 3 is 2.34 bits per heavy atom. The molecule has 2 bridgehead atoms. The van der Waals surface area contributed by atoms with E-state index in [1.165, 1.54) is 4.90 Å². The number of amides is 3. The Morgan fingerprint density at radius 1 is 1.16 bits per heavy atom. The fourth-order valence-corrected chi connectivity index (χ4v) is 7.51. The van der Waals surface area contributed by atoms with E-state index in [4.69, 9.17) is 16.3 Å². The van der Waals surface area contributed by atoms with Crippen LogP contribution in [0.3, 0.4) is 0 Å². The van der Waals surface area contributed by atoms with E-state index < -0.39 is 18.5 Å². The summed E-state index contributed by atoms with van der Waals surface area (Å²) in [6, 6.07) is 3.37. The molecule has 1 aliphatic heterocycles. The zero-order valence-corrected chi connectivity index (χ0v) is 22.5. The third-order valence-electron chi connectivity index (χ3n) is 6.52. The zero-order chi connectivity index (χ0) is 23.3. The van der Waals surface area contributed by atoms with Gasteiger partial charge >= 0.3 is 5.97 Å². The SMILES string of the molecule is Cc1cc(Br)c(Cl)cc1NC(=O)COC(=O)CCN1C(=O)[C@@H]2[C@H]3C[C@@H]([C@@H](Br)[C@H]3Br)[C@H]2C1=O. The highest BCUT2D eigenvalue weighted by atomic mass is 79.9. The van der Waals surface area contributed by atoms with E-state index in [9.17, 15) is 19.2 Å². The van der Waals surface area contributed by atoms with E-state index in [0.29, 0.717) is 15.2 Å². The van der Waals surface area contributed by atoms with Crippen molar-refractivity contribution in [3.63, 3.8) is 0 Å². The number of hydrogen-bond acceptors (Lipinski definition) is 5. The number of esters is 1. The molecule has 32 heavy (non-hydrogen) atoms. The minimum absolute atomic E-state index is 0.0358. The number of benzene rings is 1. The minimum Gasteiger partial charge on any atom is -0.456 e. The predicted molar refractivity (Wildman–Crippen MR) is 129 cm³/mol. The molecule has 2 saturated carbocycles. The largest absolute Gasteiger partial charge is 0.456 e. The molecule has 6 atom stereocenters. The number of nitrogens with one attached hydrogen (secondary N) is 1. The number of nitrogens with zero attached hydrogens (tertiary/aromatic N) is 1. The second-order valence-corrected chi connectivity index (χ2v) is 11.7. The average Bonchev–Trinajstić information content (AvgIpc) is 3.34. The van der Waals surface area contributed by atoms with Crippen LogP contribution in [-0.4, -0.2) is 51.4 Å². The summed E-state index contributed by atoms with van der Waals surface area (Å²) >= 11 is 16.7. The number of anilines is 1. The fourth-order valence-electron chi connectivity index (χ4n) is 5.02. The van der Waals surface area contributed by atoms with Gasteiger partial charge in [0.15, 0.2) is 6.61 Å². The van der Waals surface area contributed by atoms with Crippen LogP contribution >= 0.6 is 59.4 Å². The number of ether oxygens (including phenoxy) is 1. The summed E-state index contributed by atoms with van der Waals surface area (Å²) in [6.45, 7) is 1.30. The van der Waals surface area contributed by atoms with Crippen molar-refractivity contribution in [1.29, 1.82) is 0 Å². The second kappa shape index (κ2) is 9.35. The van der Waals surface area contributed by atoms with Gasteiger partial charge in [0.25, 0.3) is 5.91 Å². The molecule has 1 aromatic rings. The van der Waals surface area contributed by atoms with Gasteiger partial charge in [0.2, 0.25) is 11.8 Å². The van der Waals surface area contributed by atoms with Gasteiger partial charge in [0, 0.05) is 26.4 Å². The van der Waals surface area contributed by atoms with Gasteiger partial charge in [-0.2, -0.15) is 0 Å². The van der Waals surface area contributed by atoms with Crippen LogP contribution in [0.15, 0.2) is 16.6 Å². The van der Waals surface area contributed by atoms with Crippen LogP contribution < -0.4 is 5.32 Å². The van der Waals surface area contributed by atoms with Crippen LogP contribution in [0, 0.1) is 30.6 Å². The summed E-state index contributed by atoms with van der Waals surface area (Å²) in [4.78, 5) is 51.5. The number of hydrogen-bond donors (Lipinski definition) is 1. The highest BCUT2D eigenvalue weighted by molar-refractivity contribution is 9.12. The molecule has 3 aliphatic rings. The van der Waals surface area contributed by atoms with Gasteiger partial charge in [-0.15, -0.1) is 0 Å². The van der Waals surface area contributed by atoms with Crippen molar-refractivity contribution in [3.05, 3.63) is 27.2 Å².